The smallest absolute Gasteiger partial charge is 0.410 e. The van der Waals surface area contributed by atoms with E-state index in [4.69, 9.17) is 18.7 Å². The van der Waals surface area contributed by atoms with E-state index in [0.717, 1.165) is 36.8 Å². The maximum absolute atomic E-state index is 12.5. The highest BCUT2D eigenvalue weighted by Gasteiger charge is 2.29. The molecule has 1 amide bonds. The molecule has 2 atom stereocenters. The van der Waals surface area contributed by atoms with E-state index in [1.165, 1.54) is 0 Å². The van der Waals surface area contributed by atoms with Gasteiger partial charge < -0.3 is 28.7 Å². The topological polar surface area (TPSA) is 111 Å². The molecule has 9 heteroatoms. The molecule has 1 aliphatic carbocycles. The van der Waals surface area contributed by atoms with Gasteiger partial charge in [0.15, 0.2) is 5.76 Å². The van der Waals surface area contributed by atoms with Crippen molar-refractivity contribution in [2.24, 2.45) is 5.92 Å². The molecule has 0 spiro atoms. The maximum Gasteiger partial charge on any atom is 0.410 e. The number of hydrogen-bond donors (Lipinski definition) is 1. The van der Waals surface area contributed by atoms with Gasteiger partial charge >= 0.3 is 12.1 Å². The van der Waals surface area contributed by atoms with Crippen LogP contribution in [0.5, 0.6) is 5.75 Å². The van der Waals surface area contributed by atoms with Crippen LogP contribution in [0.1, 0.15) is 43.4 Å². The summed E-state index contributed by atoms with van der Waals surface area (Å²) < 4.78 is 22.3. The molecule has 2 heterocycles. The molecule has 0 bridgehead atoms. The molecule has 2 fully saturated rings. The number of aryl methyl sites for hydroxylation is 1. The summed E-state index contributed by atoms with van der Waals surface area (Å²) in [7, 11) is 1.79. The molecule has 1 aromatic heterocycles. The number of ether oxygens (including phenoxy) is 3. The lowest BCUT2D eigenvalue weighted by Crippen LogP contribution is -2.37. The highest BCUT2D eigenvalue weighted by molar-refractivity contribution is 5.70. The Hall–Kier alpha value is -3.07. The molecule has 0 radical (unpaired) electrons. The molecule has 1 saturated carbocycles. The van der Waals surface area contributed by atoms with E-state index in [-0.39, 0.29) is 31.5 Å². The van der Waals surface area contributed by atoms with Crippen molar-refractivity contribution in [3.05, 3.63) is 35.5 Å². The van der Waals surface area contributed by atoms with Crippen molar-refractivity contribution >= 4 is 12.1 Å². The summed E-state index contributed by atoms with van der Waals surface area (Å²) in [5, 5.41) is 13.2. The average Bonchev–Trinajstić information content (AvgIpc) is 3.48. The van der Waals surface area contributed by atoms with Crippen molar-refractivity contribution in [1.29, 1.82) is 0 Å². The van der Waals surface area contributed by atoms with Gasteiger partial charge in [0, 0.05) is 25.1 Å². The first-order valence-electron chi connectivity index (χ1n) is 11.3. The minimum Gasteiger partial charge on any atom is -0.488 e. The Balaban J connectivity index is 1.38. The van der Waals surface area contributed by atoms with Gasteiger partial charge in [-0.2, -0.15) is 0 Å². The van der Waals surface area contributed by atoms with Crippen molar-refractivity contribution in [3.8, 4) is 17.1 Å². The number of hydrogen-bond acceptors (Lipinski definition) is 7. The van der Waals surface area contributed by atoms with Crippen molar-refractivity contribution in [2.45, 2.75) is 57.8 Å². The number of aromatic nitrogens is 1. The van der Waals surface area contributed by atoms with E-state index in [2.05, 4.69) is 5.16 Å². The number of carbonyl (C=O) groups is 2. The van der Waals surface area contributed by atoms with E-state index in [1.807, 2.05) is 19.1 Å². The van der Waals surface area contributed by atoms with Crippen LogP contribution in [0.25, 0.3) is 11.3 Å². The molecule has 33 heavy (non-hydrogen) atoms. The third-order valence-electron chi connectivity index (χ3n) is 6.42. The van der Waals surface area contributed by atoms with Crippen LogP contribution in [0.3, 0.4) is 0 Å². The van der Waals surface area contributed by atoms with Gasteiger partial charge in [-0.25, -0.2) is 4.79 Å². The molecule has 1 aliphatic heterocycles. The number of aliphatic carboxylic acids is 1. The minimum absolute atomic E-state index is 0.0782. The summed E-state index contributed by atoms with van der Waals surface area (Å²) in [4.78, 5) is 25.4. The fraction of sp³-hybridized carbons (Fsp3) is 0.542. The Labute approximate surface area is 192 Å². The summed E-state index contributed by atoms with van der Waals surface area (Å²) in [6.07, 6.45) is 4.07. The number of carbonyl (C=O) groups excluding carboxylic acids is 1. The third-order valence-corrected chi connectivity index (χ3v) is 6.42. The van der Waals surface area contributed by atoms with Crippen LogP contribution in [0, 0.1) is 12.8 Å². The standard InChI is InChI=1S/C24H30N2O7/c1-15-21(14-31-24(29)26(2)18-5-3-4-6-18)22(33-25-15)16-7-9-19(10-8-16)32-20-11-17(23(27)28)12-30-13-20/h7-10,17-18,20H,3-6,11-14H2,1-2H3,(H,27,28). The number of carboxylic acid groups (broad SMARTS) is 1. The molecule has 1 saturated heterocycles. The zero-order valence-corrected chi connectivity index (χ0v) is 19.0. The summed E-state index contributed by atoms with van der Waals surface area (Å²) in [5.74, 6) is -0.275. The van der Waals surface area contributed by atoms with E-state index < -0.39 is 11.9 Å². The monoisotopic (exact) mass is 458 g/mol. The van der Waals surface area contributed by atoms with E-state index in [9.17, 15) is 14.7 Å². The predicted molar refractivity (Wildman–Crippen MR) is 118 cm³/mol. The normalized spacial score (nSPS) is 21.0. The summed E-state index contributed by atoms with van der Waals surface area (Å²) in [6, 6.07) is 7.50. The highest BCUT2D eigenvalue weighted by atomic mass is 16.6. The second-order valence-electron chi connectivity index (χ2n) is 8.75. The minimum atomic E-state index is -0.873. The number of carboxylic acids is 1. The largest absolute Gasteiger partial charge is 0.488 e. The summed E-state index contributed by atoms with van der Waals surface area (Å²) in [6.45, 7) is 2.46. The van der Waals surface area contributed by atoms with Crippen LogP contribution >= 0.6 is 0 Å². The molecular weight excluding hydrogens is 428 g/mol. The lowest BCUT2D eigenvalue weighted by molar-refractivity contribution is -0.149. The lowest BCUT2D eigenvalue weighted by atomic mass is 10.0. The van der Waals surface area contributed by atoms with Crippen LogP contribution in [0.4, 0.5) is 4.79 Å². The first kappa shape index (κ1) is 23.1. The number of amides is 1. The predicted octanol–water partition coefficient (Wildman–Crippen LogP) is 4.03. The molecule has 2 aliphatic rings. The highest BCUT2D eigenvalue weighted by Crippen LogP contribution is 2.30. The third kappa shape index (κ3) is 5.47. The Kier molecular flexibility index (Phi) is 7.17. The number of rotatable bonds is 7. The van der Waals surface area contributed by atoms with E-state index in [0.29, 0.717) is 30.2 Å². The molecule has 1 aromatic carbocycles. The fourth-order valence-corrected chi connectivity index (χ4v) is 4.39. The molecule has 2 unspecified atom stereocenters. The molecular formula is C24H30N2O7. The molecule has 9 nitrogen and oxygen atoms in total. The molecule has 2 aromatic rings. The Bertz CT molecular complexity index is 966. The van der Waals surface area contributed by atoms with Gasteiger partial charge in [0.25, 0.3) is 0 Å². The van der Waals surface area contributed by atoms with Gasteiger partial charge in [-0.3, -0.25) is 4.79 Å². The van der Waals surface area contributed by atoms with Gasteiger partial charge in [-0.1, -0.05) is 18.0 Å². The van der Waals surface area contributed by atoms with Crippen LogP contribution in [0.15, 0.2) is 28.8 Å². The molecule has 178 valence electrons. The first-order chi connectivity index (χ1) is 15.9. The second kappa shape index (κ2) is 10.2. The first-order valence-corrected chi connectivity index (χ1v) is 11.3. The molecule has 1 N–H and O–H groups in total. The van der Waals surface area contributed by atoms with Crippen LogP contribution in [-0.4, -0.2) is 59.6 Å². The van der Waals surface area contributed by atoms with Gasteiger partial charge in [-0.05, 0) is 44.0 Å². The summed E-state index contributed by atoms with van der Waals surface area (Å²) in [5.41, 5.74) is 2.17. The zero-order valence-electron chi connectivity index (χ0n) is 19.0. The quantitative estimate of drug-likeness (QED) is 0.662. The van der Waals surface area contributed by atoms with Gasteiger partial charge in [0.2, 0.25) is 0 Å². The van der Waals surface area contributed by atoms with E-state index >= 15 is 0 Å². The number of nitrogens with zero attached hydrogens (tertiary/aromatic N) is 2. The van der Waals surface area contributed by atoms with Gasteiger partial charge in [-0.15, -0.1) is 0 Å². The van der Waals surface area contributed by atoms with Crippen molar-refractivity contribution in [1.82, 2.24) is 10.1 Å². The lowest BCUT2D eigenvalue weighted by Gasteiger charge is -2.27. The van der Waals surface area contributed by atoms with Crippen LogP contribution in [0.2, 0.25) is 0 Å². The maximum atomic E-state index is 12.5. The second-order valence-corrected chi connectivity index (χ2v) is 8.75. The van der Waals surface area contributed by atoms with Gasteiger partial charge in [0.1, 0.15) is 18.5 Å². The van der Waals surface area contributed by atoms with Crippen molar-refractivity contribution in [2.75, 3.05) is 20.3 Å². The Morgan fingerprint density at radius 2 is 1.91 bits per heavy atom. The van der Waals surface area contributed by atoms with Gasteiger partial charge in [0.05, 0.1) is 30.4 Å². The SMILES string of the molecule is Cc1noc(-c2ccc(OC3COCC(C(=O)O)C3)cc2)c1COC(=O)N(C)C1CCCC1. The number of benzene rings is 1. The fourth-order valence-electron chi connectivity index (χ4n) is 4.39. The Morgan fingerprint density at radius 1 is 1.18 bits per heavy atom. The zero-order chi connectivity index (χ0) is 23.4. The average molecular weight is 459 g/mol. The summed E-state index contributed by atoms with van der Waals surface area (Å²) >= 11 is 0. The Morgan fingerprint density at radius 3 is 2.61 bits per heavy atom. The van der Waals surface area contributed by atoms with Crippen LogP contribution < -0.4 is 4.74 Å². The van der Waals surface area contributed by atoms with Crippen LogP contribution in [-0.2, 0) is 20.9 Å². The van der Waals surface area contributed by atoms with Crippen molar-refractivity contribution in [3.63, 3.8) is 0 Å². The molecule has 4 rings (SSSR count). The van der Waals surface area contributed by atoms with E-state index in [1.54, 1.807) is 24.1 Å². The van der Waals surface area contributed by atoms with Crippen molar-refractivity contribution < 1.29 is 33.4 Å².